The summed E-state index contributed by atoms with van der Waals surface area (Å²) in [6, 6.07) is 0. The summed E-state index contributed by atoms with van der Waals surface area (Å²) < 4.78 is 11.9. The van der Waals surface area contributed by atoms with E-state index in [0.717, 1.165) is 12.4 Å². The summed E-state index contributed by atoms with van der Waals surface area (Å²) >= 11 is 0. The second-order valence-corrected chi connectivity index (χ2v) is 1.41. The van der Waals surface area contributed by atoms with Crippen molar-refractivity contribution in [3.63, 3.8) is 0 Å². The van der Waals surface area contributed by atoms with E-state index < -0.39 is 5.83 Å². The van der Waals surface area contributed by atoms with Gasteiger partial charge in [-0.1, -0.05) is 0 Å². The Kier molecular flexibility index (Phi) is 1.26. The van der Waals surface area contributed by atoms with E-state index in [0.29, 0.717) is 5.06 Å². The minimum Gasteiger partial charge on any atom is -0.287 e. The molecular formula is C4H5FN2O. The number of nitrogens with zero attached hydrogens (tertiary/aromatic N) is 2. The second-order valence-electron chi connectivity index (χ2n) is 1.41. The van der Waals surface area contributed by atoms with Crippen LogP contribution in [0.1, 0.15) is 0 Å². The van der Waals surface area contributed by atoms with Gasteiger partial charge in [-0.15, -0.1) is 0 Å². The van der Waals surface area contributed by atoms with Crippen LogP contribution in [0.2, 0.25) is 0 Å². The van der Waals surface area contributed by atoms with Gasteiger partial charge in [0, 0.05) is 0 Å². The Morgan fingerprint density at radius 2 is 2.62 bits per heavy atom. The predicted molar refractivity (Wildman–Crippen MR) is 26.2 cm³/mol. The van der Waals surface area contributed by atoms with Gasteiger partial charge in [0.15, 0.2) is 5.83 Å². The zero-order valence-corrected chi connectivity index (χ0v) is 4.08. The molecule has 1 heterocycles. The maximum atomic E-state index is 11.9. The van der Waals surface area contributed by atoms with Gasteiger partial charge >= 0.3 is 0 Å². The van der Waals surface area contributed by atoms with Crippen LogP contribution < -0.4 is 0 Å². The van der Waals surface area contributed by atoms with Crippen LogP contribution in [0.15, 0.2) is 17.0 Å². The summed E-state index contributed by atoms with van der Waals surface area (Å²) in [5.41, 5.74) is 0. The quantitative estimate of drug-likeness (QED) is 0.501. The van der Waals surface area contributed by atoms with Gasteiger partial charge in [0.25, 0.3) is 0 Å². The van der Waals surface area contributed by atoms with Gasteiger partial charge in [0.05, 0.1) is 12.4 Å². The van der Waals surface area contributed by atoms with Gasteiger partial charge in [-0.05, 0) is 0 Å². The van der Waals surface area contributed by atoms with Crippen molar-refractivity contribution >= 4 is 6.21 Å². The van der Waals surface area contributed by atoms with Gasteiger partial charge in [-0.25, -0.2) is 9.45 Å². The SMILES string of the molecule is ON1C=C(F)C=NC1. The molecule has 8 heavy (non-hydrogen) atoms. The Bertz CT molecular complexity index is 143. The third-order valence-corrected chi connectivity index (χ3v) is 0.714. The van der Waals surface area contributed by atoms with E-state index >= 15 is 0 Å². The lowest BCUT2D eigenvalue weighted by molar-refractivity contribution is -0.0406. The van der Waals surface area contributed by atoms with Gasteiger partial charge in [-0.2, -0.15) is 0 Å². The number of rotatable bonds is 0. The summed E-state index contributed by atoms with van der Waals surface area (Å²) in [7, 11) is 0. The topological polar surface area (TPSA) is 35.8 Å². The van der Waals surface area contributed by atoms with E-state index in [4.69, 9.17) is 5.21 Å². The van der Waals surface area contributed by atoms with Crippen molar-refractivity contribution in [1.29, 1.82) is 0 Å². The van der Waals surface area contributed by atoms with E-state index in [1.54, 1.807) is 0 Å². The molecule has 0 fully saturated rings. The first kappa shape index (κ1) is 5.24. The monoisotopic (exact) mass is 116 g/mol. The molecule has 0 saturated heterocycles. The highest BCUT2D eigenvalue weighted by Gasteiger charge is 1.99. The number of hydrogen-bond acceptors (Lipinski definition) is 3. The lowest BCUT2D eigenvalue weighted by Crippen LogP contribution is -2.15. The molecule has 4 heteroatoms. The first-order valence-corrected chi connectivity index (χ1v) is 2.12. The van der Waals surface area contributed by atoms with E-state index in [1.807, 2.05) is 0 Å². The normalized spacial score (nSPS) is 18.8. The molecular weight excluding hydrogens is 111 g/mol. The van der Waals surface area contributed by atoms with E-state index in [9.17, 15) is 4.39 Å². The number of aliphatic imine (C=N–C) groups is 1. The Labute approximate surface area is 45.7 Å². The van der Waals surface area contributed by atoms with E-state index in [-0.39, 0.29) is 6.67 Å². The molecule has 1 aliphatic heterocycles. The van der Waals surface area contributed by atoms with Crippen molar-refractivity contribution in [2.75, 3.05) is 6.67 Å². The molecule has 44 valence electrons. The smallest absolute Gasteiger partial charge is 0.159 e. The predicted octanol–water partition coefficient (Wildman–Crippen LogP) is 0.530. The van der Waals surface area contributed by atoms with Gasteiger partial charge in [-0.3, -0.25) is 10.2 Å². The van der Waals surface area contributed by atoms with Crippen molar-refractivity contribution in [2.45, 2.75) is 0 Å². The zero-order chi connectivity index (χ0) is 5.98. The van der Waals surface area contributed by atoms with Crippen LogP contribution in [0.25, 0.3) is 0 Å². The minimum atomic E-state index is -0.529. The van der Waals surface area contributed by atoms with Crippen LogP contribution in [0, 0.1) is 0 Å². The average molecular weight is 116 g/mol. The summed E-state index contributed by atoms with van der Waals surface area (Å²) in [6.45, 7) is 0.118. The van der Waals surface area contributed by atoms with Crippen LogP contribution in [-0.2, 0) is 0 Å². The molecule has 0 amide bonds. The lowest BCUT2D eigenvalue weighted by atomic mass is 10.5. The van der Waals surface area contributed by atoms with Crippen LogP contribution in [-0.4, -0.2) is 23.2 Å². The first-order chi connectivity index (χ1) is 3.79. The molecule has 3 nitrogen and oxygen atoms in total. The molecule has 0 aromatic carbocycles. The van der Waals surface area contributed by atoms with Crippen molar-refractivity contribution in [3.8, 4) is 0 Å². The van der Waals surface area contributed by atoms with Crippen molar-refractivity contribution < 1.29 is 9.60 Å². The molecule has 1 aliphatic rings. The molecule has 0 spiro atoms. The minimum absolute atomic E-state index is 0.118. The highest BCUT2D eigenvalue weighted by Crippen LogP contribution is 1.99. The standard InChI is InChI=1S/C4H5FN2O/c5-4-1-6-3-7(8)2-4/h1-2,8H,3H2. The summed E-state index contributed by atoms with van der Waals surface area (Å²) in [4.78, 5) is 3.45. The zero-order valence-electron chi connectivity index (χ0n) is 4.08. The molecule has 0 atom stereocenters. The van der Waals surface area contributed by atoms with Crippen LogP contribution in [0.4, 0.5) is 4.39 Å². The molecule has 0 aliphatic carbocycles. The first-order valence-electron chi connectivity index (χ1n) is 2.12. The fourth-order valence-corrected chi connectivity index (χ4v) is 0.428. The number of allylic oxidation sites excluding steroid dienone is 1. The molecule has 0 aromatic heterocycles. The van der Waals surface area contributed by atoms with Crippen molar-refractivity contribution in [3.05, 3.63) is 12.0 Å². The Hall–Kier alpha value is -0.900. The molecule has 0 unspecified atom stereocenters. The van der Waals surface area contributed by atoms with Crippen molar-refractivity contribution in [1.82, 2.24) is 5.06 Å². The maximum absolute atomic E-state index is 11.9. The number of hydroxylamine groups is 2. The number of hydrogen-bond donors (Lipinski definition) is 1. The molecule has 0 bridgehead atoms. The van der Waals surface area contributed by atoms with Crippen molar-refractivity contribution in [2.24, 2.45) is 4.99 Å². The summed E-state index contributed by atoms with van der Waals surface area (Å²) in [6.07, 6.45) is 2.03. The molecule has 0 aromatic rings. The van der Waals surface area contributed by atoms with Crippen LogP contribution >= 0.6 is 0 Å². The molecule has 1 rings (SSSR count). The summed E-state index contributed by atoms with van der Waals surface area (Å²) in [5.74, 6) is -0.529. The highest BCUT2D eigenvalue weighted by molar-refractivity contribution is 5.75. The summed E-state index contributed by atoms with van der Waals surface area (Å²) in [5, 5.41) is 9.16. The number of halogens is 1. The molecule has 0 radical (unpaired) electrons. The third-order valence-electron chi connectivity index (χ3n) is 0.714. The molecule has 1 N–H and O–H groups in total. The average Bonchev–Trinajstić information content (AvgIpc) is 1.64. The second kappa shape index (κ2) is 1.92. The Morgan fingerprint density at radius 1 is 1.88 bits per heavy atom. The molecule has 0 saturated carbocycles. The van der Waals surface area contributed by atoms with Gasteiger partial charge < -0.3 is 0 Å². The third kappa shape index (κ3) is 1.04. The largest absolute Gasteiger partial charge is 0.287 e. The highest BCUT2D eigenvalue weighted by atomic mass is 19.1. The Morgan fingerprint density at radius 3 is 3.00 bits per heavy atom. The maximum Gasteiger partial charge on any atom is 0.159 e. The fraction of sp³-hybridized carbons (Fsp3) is 0.250. The van der Waals surface area contributed by atoms with Crippen LogP contribution in [0.3, 0.4) is 0 Å². The van der Waals surface area contributed by atoms with Gasteiger partial charge in [0.2, 0.25) is 0 Å². The lowest BCUT2D eigenvalue weighted by Gasteiger charge is -2.10. The Balaban J connectivity index is 2.63. The van der Waals surface area contributed by atoms with Crippen LogP contribution in [0.5, 0.6) is 0 Å². The fourth-order valence-electron chi connectivity index (χ4n) is 0.428. The van der Waals surface area contributed by atoms with E-state index in [1.165, 1.54) is 0 Å². The van der Waals surface area contributed by atoms with E-state index in [2.05, 4.69) is 4.99 Å². The van der Waals surface area contributed by atoms with Gasteiger partial charge in [0.1, 0.15) is 6.67 Å².